The van der Waals surface area contributed by atoms with E-state index in [2.05, 4.69) is 0 Å². The molecule has 0 unspecified atom stereocenters. The van der Waals surface area contributed by atoms with Gasteiger partial charge in [-0.1, -0.05) is 18.2 Å². The lowest BCUT2D eigenvalue weighted by Gasteiger charge is -2.17. The molecule has 0 saturated carbocycles. The van der Waals surface area contributed by atoms with Gasteiger partial charge in [0.25, 0.3) is 0 Å². The quantitative estimate of drug-likeness (QED) is 0.850. The van der Waals surface area contributed by atoms with Crippen molar-refractivity contribution in [3.63, 3.8) is 0 Å². The van der Waals surface area contributed by atoms with Gasteiger partial charge < -0.3 is 10.3 Å². The van der Waals surface area contributed by atoms with E-state index in [4.69, 9.17) is 5.73 Å². The minimum atomic E-state index is -0.838. The summed E-state index contributed by atoms with van der Waals surface area (Å²) in [5, 5.41) is 0.982. The maximum atomic E-state index is 12.4. The van der Waals surface area contributed by atoms with Gasteiger partial charge in [0.2, 0.25) is 0 Å². The lowest BCUT2D eigenvalue weighted by molar-refractivity contribution is 0.0914. The van der Waals surface area contributed by atoms with Crippen molar-refractivity contribution in [1.82, 2.24) is 4.57 Å². The highest BCUT2D eigenvalue weighted by molar-refractivity contribution is 6.13. The molecule has 3 nitrogen and oxygen atoms in total. The Morgan fingerprint density at radius 3 is 2.39 bits per heavy atom. The van der Waals surface area contributed by atoms with Crippen LogP contribution in [0, 0.1) is 6.92 Å². The third-order valence-electron chi connectivity index (χ3n) is 3.21. The van der Waals surface area contributed by atoms with Crippen LogP contribution < -0.4 is 5.73 Å². The zero-order valence-corrected chi connectivity index (χ0v) is 12.0. The number of aromatic nitrogens is 1. The maximum absolute atomic E-state index is 12.4. The Morgan fingerprint density at radius 1 is 1.28 bits per heavy atom. The molecule has 1 aromatic heterocycles. The standard InChI is InChI=1S/C14H18N2O.ClH/c1-9-12(13(17)14(2,3)15)10-7-5-6-8-11(10)16(9)4;/h5-8H,15H2,1-4H3;1H. The molecule has 4 heteroatoms. The highest BCUT2D eigenvalue weighted by Gasteiger charge is 2.28. The molecule has 0 bridgehead atoms. The first-order chi connectivity index (χ1) is 7.84. The van der Waals surface area contributed by atoms with E-state index < -0.39 is 5.54 Å². The molecule has 1 heterocycles. The van der Waals surface area contributed by atoms with Crippen LogP contribution >= 0.6 is 12.4 Å². The van der Waals surface area contributed by atoms with E-state index in [9.17, 15) is 4.79 Å². The third kappa shape index (κ3) is 2.16. The molecule has 0 aliphatic heterocycles. The first-order valence-corrected chi connectivity index (χ1v) is 5.71. The second kappa shape index (κ2) is 4.75. The first-order valence-electron chi connectivity index (χ1n) is 5.71. The van der Waals surface area contributed by atoms with Crippen LogP contribution in [-0.2, 0) is 7.05 Å². The Morgan fingerprint density at radius 2 is 1.83 bits per heavy atom. The fourth-order valence-electron chi connectivity index (χ4n) is 2.13. The number of benzene rings is 1. The van der Waals surface area contributed by atoms with E-state index >= 15 is 0 Å². The van der Waals surface area contributed by atoms with Crippen molar-refractivity contribution >= 4 is 29.1 Å². The predicted octanol–water partition coefficient (Wildman–Crippen LogP) is 2.83. The van der Waals surface area contributed by atoms with Gasteiger partial charge in [-0.25, -0.2) is 0 Å². The van der Waals surface area contributed by atoms with Crippen LogP contribution in [0.1, 0.15) is 29.9 Å². The molecule has 2 rings (SSSR count). The summed E-state index contributed by atoms with van der Waals surface area (Å²) in [5.41, 5.74) is 7.86. The predicted molar refractivity (Wildman–Crippen MR) is 77.5 cm³/mol. The van der Waals surface area contributed by atoms with Gasteiger partial charge >= 0.3 is 0 Å². The third-order valence-corrected chi connectivity index (χ3v) is 3.21. The van der Waals surface area contributed by atoms with Crippen molar-refractivity contribution in [3.05, 3.63) is 35.5 Å². The van der Waals surface area contributed by atoms with Gasteiger partial charge in [0.05, 0.1) is 5.54 Å². The van der Waals surface area contributed by atoms with Crippen molar-refractivity contribution in [2.45, 2.75) is 26.3 Å². The Balaban J connectivity index is 0.00000162. The SMILES string of the molecule is Cc1c(C(=O)C(C)(C)N)c2ccccc2n1C.Cl. The molecule has 18 heavy (non-hydrogen) atoms. The number of nitrogens with two attached hydrogens (primary N) is 1. The second-order valence-electron chi connectivity index (χ2n) is 5.09. The highest BCUT2D eigenvalue weighted by Crippen LogP contribution is 2.27. The average molecular weight is 267 g/mol. The van der Waals surface area contributed by atoms with Crippen LogP contribution in [0.25, 0.3) is 10.9 Å². The number of aryl methyl sites for hydroxylation is 1. The smallest absolute Gasteiger partial charge is 0.184 e. The fourth-order valence-corrected chi connectivity index (χ4v) is 2.13. The van der Waals surface area contributed by atoms with Crippen molar-refractivity contribution < 1.29 is 4.79 Å². The number of halogens is 1. The topological polar surface area (TPSA) is 48.0 Å². The van der Waals surface area contributed by atoms with E-state index in [1.807, 2.05) is 42.8 Å². The van der Waals surface area contributed by atoms with Crippen LogP contribution in [0.5, 0.6) is 0 Å². The Labute approximate surface area is 113 Å². The monoisotopic (exact) mass is 266 g/mol. The molecule has 2 N–H and O–H groups in total. The molecular formula is C14H19ClN2O. The van der Waals surface area contributed by atoms with Gasteiger partial charge in [-0.2, -0.15) is 0 Å². The van der Waals surface area contributed by atoms with E-state index in [0.717, 1.165) is 22.2 Å². The van der Waals surface area contributed by atoms with Gasteiger partial charge in [0, 0.05) is 29.2 Å². The number of rotatable bonds is 2. The van der Waals surface area contributed by atoms with Crippen LogP contribution in [0.15, 0.2) is 24.3 Å². The summed E-state index contributed by atoms with van der Waals surface area (Å²) in [6.07, 6.45) is 0. The van der Waals surface area contributed by atoms with Crippen molar-refractivity contribution in [2.75, 3.05) is 0 Å². The van der Waals surface area contributed by atoms with Crippen molar-refractivity contribution in [2.24, 2.45) is 12.8 Å². The number of nitrogens with zero attached hydrogens (tertiary/aromatic N) is 1. The van der Waals surface area contributed by atoms with Gasteiger partial charge in [-0.05, 0) is 26.8 Å². The molecule has 0 spiro atoms. The summed E-state index contributed by atoms with van der Waals surface area (Å²) in [4.78, 5) is 12.4. The molecular weight excluding hydrogens is 248 g/mol. The zero-order valence-electron chi connectivity index (χ0n) is 11.2. The zero-order chi connectivity index (χ0) is 12.8. The second-order valence-corrected chi connectivity index (χ2v) is 5.09. The lowest BCUT2D eigenvalue weighted by Crippen LogP contribution is -2.41. The Hall–Kier alpha value is -1.32. The number of carbonyl (C=O) groups excluding carboxylic acids is 1. The number of fused-ring (bicyclic) bond motifs is 1. The van der Waals surface area contributed by atoms with E-state index in [-0.39, 0.29) is 18.2 Å². The molecule has 2 aromatic rings. The minimum Gasteiger partial charge on any atom is -0.347 e. The number of para-hydroxylation sites is 1. The summed E-state index contributed by atoms with van der Waals surface area (Å²) >= 11 is 0. The van der Waals surface area contributed by atoms with Crippen LogP contribution in [0.4, 0.5) is 0 Å². The number of hydrogen-bond acceptors (Lipinski definition) is 2. The van der Waals surface area contributed by atoms with Crippen LogP contribution in [-0.4, -0.2) is 15.9 Å². The Kier molecular flexibility index (Phi) is 3.89. The summed E-state index contributed by atoms with van der Waals surface area (Å²) in [7, 11) is 1.97. The minimum absolute atomic E-state index is 0. The number of Topliss-reactive ketones (excluding diaryl/α,β-unsaturated/α-hetero) is 1. The number of ketones is 1. The maximum Gasteiger partial charge on any atom is 0.184 e. The molecule has 0 atom stereocenters. The molecule has 0 aliphatic carbocycles. The summed E-state index contributed by atoms with van der Waals surface area (Å²) in [6, 6.07) is 7.91. The highest BCUT2D eigenvalue weighted by atomic mass is 35.5. The van der Waals surface area contributed by atoms with Crippen LogP contribution in [0.2, 0.25) is 0 Å². The van der Waals surface area contributed by atoms with E-state index in [1.54, 1.807) is 13.8 Å². The molecule has 1 aromatic carbocycles. The summed E-state index contributed by atoms with van der Waals surface area (Å²) in [6.45, 7) is 5.45. The number of hydrogen-bond donors (Lipinski definition) is 1. The molecule has 0 fully saturated rings. The molecule has 0 radical (unpaired) electrons. The van der Waals surface area contributed by atoms with Gasteiger partial charge in [0.15, 0.2) is 5.78 Å². The number of carbonyl (C=O) groups is 1. The lowest BCUT2D eigenvalue weighted by atomic mass is 9.92. The molecule has 98 valence electrons. The van der Waals surface area contributed by atoms with Crippen LogP contribution in [0.3, 0.4) is 0 Å². The molecule has 0 amide bonds. The normalized spacial score (nSPS) is 11.4. The van der Waals surface area contributed by atoms with Gasteiger partial charge in [0.1, 0.15) is 0 Å². The molecule has 0 saturated heterocycles. The van der Waals surface area contributed by atoms with E-state index in [0.29, 0.717) is 0 Å². The van der Waals surface area contributed by atoms with Gasteiger partial charge in [-0.15, -0.1) is 12.4 Å². The van der Waals surface area contributed by atoms with Crippen molar-refractivity contribution in [3.8, 4) is 0 Å². The summed E-state index contributed by atoms with van der Waals surface area (Å²) in [5.74, 6) is -0.00759. The fraction of sp³-hybridized carbons (Fsp3) is 0.357. The van der Waals surface area contributed by atoms with E-state index in [1.165, 1.54) is 0 Å². The first kappa shape index (κ1) is 14.7. The Bertz CT molecular complexity index is 594. The van der Waals surface area contributed by atoms with Crippen molar-refractivity contribution in [1.29, 1.82) is 0 Å². The average Bonchev–Trinajstić information content (AvgIpc) is 2.51. The summed E-state index contributed by atoms with van der Waals surface area (Å²) < 4.78 is 2.04. The molecule has 0 aliphatic rings. The largest absolute Gasteiger partial charge is 0.347 e. The van der Waals surface area contributed by atoms with Gasteiger partial charge in [-0.3, -0.25) is 4.79 Å².